The number of aryl methyl sites for hydroxylation is 1. The highest BCUT2D eigenvalue weighted by Crippen LogP contribution is 2.14. The Morgan fingerprint density at radius 2 is 2.08 bits per heavy atom. The average Bonchev–Trinajstić information content (AvgIpc) is 2.08. The molecule has 3 heteroatoms. The van der Waals surface area contributed by atoms with Gasteiger partial charge in [-0.25, -0.2) is 0 Å². The number of hydrogen-bond donors (Lipinski definition) is 2. The molecule has 1 aliphatic rings. The molecular weight excluding hydrogens is 164 g/mol. The number of nitrogens with two attached hydrogens (primary N) is 1. The molecule has 72 valence electrons. The lowest BCUT2D eigenvalue weighted by atomic mass is 9.95. The predicted molar refractivity (Wildman–Crippen MR) is 52.5 cm³/mol. The normalized spacial score (nSPS) is 15.5. The first-order chi connectivity index (χ1) is 6.18. The van der Waals surface area contributed by atoms with E-state index >= 15 is 0 Å². The molecule has 1 aromatic rings. The van der Waals surface area contributed by atoms with E-state index in [1.54, 1.807) is 12.1 Å². The average molecular weight is 180 g/mol. The lowest BCUT2D eigenvalue weighted by molar-refractivity contribution is 0.418. The number of aromatic hydroxyl groups is 1. The van der Waals surface area contributed by atoms with Gasteiger partial charge >= 0.3 is 0 Å². The monoisotopic (exact) mass is 180 g/mol. The second kappa shape index (κ2) is 4.82. The molecule has 1 heterocycles. The maximum absolute atomic E-state index is 8.69. The van der Waals surface area contributed by atoms with Crippen LogP contribution in [0, 0.1) is 6.92 Å². The van der Waals surface area contributed by atoms with Gasteiger partial charge in [0, 0.05) is 11.7 Å². The van der Waals surface area contributed by atoms with E-state index in [1.165, 1.54) is 25.5 Å². The van der Waals surface area contributed by atoms with Crippen molar-refractivity contribution in [1.82, 2.24) is 4.98 Å². The molecule has 0 saturated heterocycles. The lowest BCUT2D eigenvalue weighted by Gasteiger charge is -2.18. The summed E-state index contributed by atoms with van der Waals surface area (Å²) in [4.78, 5) is 3.83. The molecule has 2 rings (SSSR count). The van der Waals surface area contributed by atoms with Crippen molar-refractivity contribution in [3.8, 4) is 5.75 Å². The molecule has 1 aliphatic carbocycles. The zero-order valence-electron chi connectivity index (χ0n) is 7.90. The van der Waals surface area contributed by atoms with Crippen molar-refractivity contribution in [2.45, 2.75) is 32.2 Å². The van der Waals surface area contributed by atoms with E-state index in [0.29, 0.717) is 6.04 Å². The summed E-state index contributed by atoms with van der Waals surface area (Å²) < 4.78 is 0. The summed E-state index contributed by atoms with van der Waals surface area (Å²) in [6, 6.07) is 3.94. The van der Waals surface area contributed by atoms with Gasteiger partial charge in [0.2, 0.25) is 0 Å². The van der Waals surface area contributed by atoms with Gasteiger partial charge in [0.1, 0.15) is 5.75 Å². The lowest BCUT2D eigenvalue weighted by Crippen LogP contribution is -2.27. The standard InChI is InChI=1S/C6H7NO.C4H9N/c1-5-2-3-6(8)4-7-5;5-4-2-1-3-4/h2-4,8H,1H3;4H,1-3,5H2. The van der Waals surface area contributed by atoms with Gasteiger partial charge in [-0.2, -0.15) is 0 Å². The minimum absolute atomic E-state index is 0.218. The van der Waals surface area contributed by atoms with Crippen LogP contribution in [0.5, 0.6) is 5.75 Å². The van der Waals surface area contributed by atoms with Crippen molar-refractivity contribution >= 4 is 0 Å². The first-order valence-electron chi connectivity index (χ1n) is 4.55. The third-order valence-corrected chi connectivity index (χ3v) is 2.05. The smallest absolute Gasteiger partial charge is 0.133 e. The summed E-state index contributed by atoms with van der Waals surface area (Å²) in [6.07, 6.45) is 5.32. The Morgan fingerprint density at radius 3 is 2.31 bits per heavy atom. The van der Waals surface area contributed by atoms with Crippen molar-refractivity contribution in [1.29, 1.82) is 0 Å². The highest BCUT2D eigenvalue weighted by atomic mass is 16.3. The summed E-state index contributed by atoms with van der Waals surface area (Å²) in [5, 5.41) is 8.69. The van der Waals surface area contributed by atoms with Gasteiger partial charge in [-0.15, -0.1) is 0 Å². The second-order valence-electron chi connectivity index (χ2n) is 3.35. The fourth-order valence-electron chi connectivity index (χ4n) is 0.900. The zero-order chi connectivity index (χ0) is 9.68. The summed E-state index contributed by atoms with van der Waals surface area (Å²) in [7, 11) is 0. The summed E-state index contributed by atoms with van der Waals surface area (Å²) in [5.74, 6) is 0.218. The third kappa shape index (κ3) is 3.90. The third-order valence-electron chi connectivity index (χ3n) is 2.05. The predicted octanol–water partition coefficient (Wildman–Crippen LogP) is 1.59. The zero-order valence-corrected chi connectivity index (χ0v) is 7.90. The molecule has 0 radical (unpaired) electrons. The van der Waals surface area contributed by atoms with Crippen molar-refractivity contribution in [3.63, 3.8) is 0 Å². The molecule has 0 unspecified atom stereocenters. The van der Waals surface area contributed by atoms with Crippen molar-refractivity contribution < 1.29 is 5.11 Å². The van der Waals surface area contributed by atoms with Crippen LogP contribution in [0.25, 0.3) is 0 Å². The molecule has 0 amide bonds. The molecule has 0 bridgehead atoms. The molecule has 0 atom stereocenters. The summed E-state index contributed by atoms with van der Waals surface area (Å²) >= 11 is 0. The van der Waals surface area contributed by atoms with Crippen LogP contribution in [0.2, 0.25) is 0 Å². The van der Waals surface area contributed by atoms with E-state index in [-0.39, 0.29) is 5.75 Å². The molecule has 3 N–H and O–H groups in total. The van der Waals surface area contributed by atoms with E-state index in [9.17, 15) is 0 Å². The number of nitrogens with zero attached hydrogens (tertiary/aromatic N) is 1. The Hall–Kier alpha value is -1.09. The van der Waals surface area contributed by atoms with Gasteiger partial charge in [-0.1, -0.05) is 6.42 Å². The minimum Gasteiger partial charge on any atom is -0.506 e. The Bertz CT molecular complexity index is 221. The van der Waals surface area contributed by atoms with Crippen molar-refractivity contribution in [2.24, 2.45) is 5.73 Å². The van der Waals surface area contributed by atoms with Crippen LogP contribution in [-0.2, 0) is 0 Å². The Balaban J connectivity index is 0.000000145. The number of hydrogen-bond acceptors (Lipinski definition) is 3. The van der Waals surface area contributed by atoms with E-state index in [2.05, 4.69) is 4.98 Å². The topological polar surface area (TPSA) is 59.1 Å². The van der Waals surface area contributed by atoms with Crippen molar-refractivity contribution in [3.05, 3.63) is 24.0 Å². The number of pyridine rings is 1. The number of rotatable bonds is 0. The maximum Gasteiger partial charge on any atom is 0.133 e. The summed E-state index contributed by atoms with van der Waals surface area (Å²) in [6.45, 7) is 1.87. The highest BCUT2D eigenvalue weighted by molar-refractivity contribution is 5.16. The second-order valence-corrected chi connectivity index (χ2v) is 3.35. The van der Waals surface area contributed by atoms with Gasteiger partial charge in [-0.05, 0) is 31.9 Å². The highest BCUT2D eigenvalue weighted by Gasteiger charge is 2.09. The minimum atomic E-state index is 0.218. The molecule has 0 aliphatic heterocycles. The van der Waals surface area contributed by atoms with Crippen LogP contribution in [0.4, 0.5) is 0 Å². The molecule has 3 nitrogen and oxygen atoms in total. The van der Waals surface area contributed by atoms with Crippen molar-refractivity contribution in [2.75, 3.05) is 0 Å². The van der Waals surface area contributed by atoms with Crippen LogP contribution >= 0.6 is 0 Å². The van der Waals surface area contributed by atoms with Crippen LogP contribution in [0.3, 0.4) is 0 Å². The largest absolute Gasteiger partial charge is 0.506 e. The van der Waals surface area contributed by atoms with Gasteiger partial charge in [0.15, 0.2) is 0 Å². The molecule has 1 fully saturated rings. The fourth-order valence-corrected chi connectivity index (χ4v) is 0.900. The quantitative estimate of drug-likeness (QED) is 0.637. The first kappa shape index (κ1) is 9.99. The molecule has 13 heavy (non-hydrogen) atoms. The Morgan fingerprint density at radius 1 is 1.46 bits per heavy atom. The van der Waals surface area contributed by atoms with Gasteiger partial charge in [0.05, 0.1) is 6.20 Å². The van der Waals surface area contributed by atoms with E-state index in [1.807, 2.05) is 6.92 Å². The van der Waals surface area contributed by atoms with E-state index in [0.717, 1.165) is 5.69 Å². The van der Waals surface area contributed by atoms with Crippen LogP contribution < -0.4 is 5.73 Å². The number of aromatic nitrogens is 1. The Kier molecular flexibility index (Phi) is 3.71. The Labute approximate surface area is 78.6 Å². The first-order valence-corrected chi connectivity index (χ1v) is 4.55. The fraction of sp³-hybridized carbons (Fsp3) is 0.500. The van der Waals surface area contributed by atoms with Crippen LogP contribution in [-0.4, -0.2) is 16.1 Å². The van der Waals surface area contributed by atoms with Crippen LogP contribution in [0.15, 0.2) is 18.3 Å². The van der Waals surface area contributed by atoms with E-state index < -0.39 is 0 Å². The van der Waals surface area contributed by atoms with Gasteiger partial charge in [-0.3, -0.25) is 4.98 Å². The maximum atomic E-state index is 8.69. The molecule has 1 aromatic heterocycles. The van der Waals surface area contributed by atoms with Gasteiger partial charge < -0.3 is 10.8 Å². The summed E-state index contributed by atoms with van der Waals surface area (Å²) in [5.41, 5.74) is 6.30. The van der Waals surface area contributed by atoms with E-state index in [4.69, 9.17) is 10.8 Å². The molecule has 1 saturated carbocycles. The SMILES string of the molecule is Cc1ccc(O)cn1.NC1CCC1. The van der Waals surface area contributed by atoms with Crippen LogP contribution in [0.1, 0.15) is 25.0 Å². The molecular formula is C10H16N2O. The van der Waals surface area contributed by atoms with Gasteiger partial charge in [0.25, 0.3) is 0 Å². The molecule has 0 aromatic carbocycles. The molecule has 0 spiro atoms.